The van der Waals surface area contributed by atoms with E-state index in [1.54, 1.807) is 5.57 Å². The molecule has 0 radical (unpaired) electrons. The molecule has 1 aliphatic heterocycles. The monoisotopic (exact) mass is 351 g/mol. The van der Waals surface area contributed by atoms with Crippen molar-refractivity contribution in [1.29, 1.82) is 0 Å². The topological polar surface area (TPSA) is 22.1 Å². The quantitative estimate of drug-likeness (QED) is 0.685. The van der Waals surface area contributed by atoms with Crippen LogP contribution in [0.3, 0.4) is 0 Å². The van der Waals surface area contributed by atoms with Gasteiger partial charge in [0.1, 0.15) is 0 Å². The van der Waals surface area contributed by atoms with Crippen molar-refractivity contribution in [2.75, 3.05) is 6.61 Å². The molecule has 0 aromatic carbocycles. The predicted octanol–water partition coefficient (Wildman–Crippen LogP) is 5.67. The lowest BCUT2D eigenvalue weighted by atomic mass is 9.48. The highest BCUT2D eigenvalue weighted by Crippen LogP contribution is 2.66. The normalized spacial score (nSPS) is 44.2. The predicted molar refractivity (Wildman–Crippen MR) is 106 cm³/mol. The summed E-state index contributed by atoms with van der Waals surface area (Å²) >= 11 is 0. The first kappa shape index (κ1) is 17.0. The zero-order chi connectivity index (χ0) is 17.9. The summed E-state index contributed by atoms with van der Waals surface area (Å²) in [5.41, 5.74) is 5.13. The number of aromatic nitrogens is 1. The number of allylic oxidation sites excluding steroid dienone is 2. The summed E-state index contributed by atoms with van der Waals surface area (Å²) in [7, 11) is 0. The van der Waals surface area contributed by atoms with Crippen molar-refractivity contribution in [1.82, 2.24) is 4.98 Å². The van der Waals surface area contributed by atoms with Crippen LogP contribution in [0.5, 0.6) is 0 Å². The molecule has 0 N–H and O–H groups in total. The fourth-order valence-corrected chi connectivity index (χ4v) is 7.31. The summed E-state index contributed by atoms with van der Waals surface area (Å²) in [5, 5.41) is 0. The number of ether oxygens (including phenoxy) is 1. The fourth-order valence-electron chi connectivity index (χ4n) is 7.31. The molecule has 3 aliphatic carbocycles. The molecule has 140 valence electrons. The van der Waals surface area contributed by atoms with Crippen molar-refractivity contribution in [3.8, 4) is 0 Å². The Kier molecular flexibility index (Phi) is 3.87. The molecular weight excluding hydrogens is 318 g/mol. The van der Waals surface area contributed by atoms with Gasteiger partial charge in [-0.3, -0.25) is 4.98 Å². The minimum atomic E-state index is 0.345. The van der Waals surface area contributed by atoms with E-state index in [1.807, 2.05) is 6.20 Å². The van der Waals surface area contributed by atoms with Gasteiger partial charge >= 0.3 is 0 Å². The third-order valence-corrected chi connectivity index (χ3v) is 8.84. The molecule has 4 aliphatic rings. The van der Waals surface area contributed by atoms with Crippen molar-refractivity contribution in [2.45, 2.75) is 71.8 Å². The Morgan fingerprint density at radius 3 is 2.85 bits per heavy atom. The summed E-state index contributed by atoms with van der Waals surface area (Å²) in [6.45, 7) is 8.32. The highest BCUT2D eigenvalue weighted by molar-refractivity contribution is 5.72. The lowest BCUT2D eigenvalue weighted by Crippen LogP contribution is -2.51. The molecule has 0 spiro atoms. The van der Waals surface area contributed by atoms with Crippen molar-refractivity contribution < 1.29 is 4.74 Å². The van der Waals surface area contributed by atoms with Gasteiger partial charge in [0.2, 0.25) is 0 Å². The van der Waals surface area contributed by atoms with E-state index in [0.717, 1.165) is 30.8 Å². The Hall–Kier alpha value is -1.15. The first-order valence-corrected chi connectivity index (χ1v) is 10.8. The summed E-state index contributed by atoms with van der Waals surface area (Å²) in [4.78, 5) is 4.55. The van der Waals surface area contributed by atoms with Gasteiger partial charge in [-0.15, -0.1) is 0 Å². The van der Waals surface area contributed by atoms with Gasteiger partial charge in [-0.1, -0.05) is 26.8 Å². The van der Waals surface area contributed by atoms with Crippen molar-refractivity contribution in [3.63, 3.8) is 0 Å². The SMILES string of the molecule is CCc1cncc(C2=CCC3C4CCC5OCCC5(C)C4CCC23C)c1. The minimum Gasteiger partial charge on any atom is -0.378 e. The van der Waals surface area contributed by atoms with Crippen LogP contribution in [-0.2, 0) is 11.2 Å². The Bertz CT molecular complexity index is 739. The molecule has 1 saturated heterocycles. The number of rotatable bonds is 2. The van der Waals surface area contributed by atoms with E-state index in [1.165, 1.54) is 49.7 Å². The van der Waals surface area contributed by atoms with Gasteiger partial charge in [-0.2, -0.15) is 0 Å². The van der Waals surface area contributed by atoms with Crippen LogP contribution in [0.1, 0.15) is 70.4 Å². The van der Waals surface area contributed by atoms with Crippen LogP contribution < -0.4 is 0 Å². The molecule has 2 heterocycles. The third-order valence-electron chi connectivity index (χ3n) is 8.84. The second kappa shape index (κ2) is 5.92. The van der Waals surface area contributed by atoms with Crippen LogP contribution in [-0.4, -0.2) is 17.7 Å². The second-order valence-electron chi connectivity index (χ2n) is 9.81. The van der Waals surface area contributed by atoms with Gasteiger partial charge in [0, 0.05) is 19.0 Å². The summed E-state index contributed by atoms with van der Waals surface area (Å²) in [6.07, 6.45) is 16.2. The number of fused-ring (bicyclic) bond motifs is 5. The van der Waals surface area contributed by atoms with Gasteiger partial charge in [-0.05, 0) is 96.3 Å². The van der Waals surface area contributed by atoms with Crippen molar-refractivity contribution in [2.24, 2.45) is 28.6 Å². The molecule has 2 nitrogen and oxygen atoms in total. The maximum absolute atomic E-state index is 6.14. The van der Waals surface area contributed by atoms with E-state index in [9.17, 15) is 0 Å². The van der Waals surface area contributed by atoms with Crippen LogP contribution in [0.25, 0.3) is 5.57 Å². The third kappa shape index (κ3) is 2.24. The number of hydrogen-bond donors (Lipinski definition) is 0. The highest BCUT2D eigenvalue weighted by Gasteiger charge is 2.59. The summed E-state index contributed by atoms with van der Waals surface area (Å²) in [6, 6.07) is 2.39. The van der Waals surface area contributed by atoms with Crippen LogP contribution >= 0.6 is 0 Å². The summed E-state index contributed by atoms with van der Waals surface area (Å²) in [5.74, 6) is 2.57. The van der Waals surface area contributed by atoms with Gasteiger partial charge < -0.3 is 4.74 Å². The van der Waals surface area contributed by atoms with Crippen LogP contribution in [0, 0.1) is 28.6 Å². The van der Waals surface area contributed by atoms with E-state index >= 15 is 0 Å². The van der Waals surface area contributed by atoms with Crippen molar-refractivity contribution in [3.05, 3.63) is 35.7 Å². The average Bonchev–Trinajstić information content (AvgIpc) is 3.21. The zero-order valence-electron chi connectivity index (χ0n) is 16.6. The van der Waals surface area contributed by atoms with E-state index in [0.29, 0.717) is 16.9 Å². The van der Waals surface area contributed by atoms with E-state index < -0.39 is 0 Å². The fraction of sp³-hybridized carbons (Fsp3) is 0.708. The molecule has 0 bridgehead atoms. The van der Waals surface area contributed by atoms with Crippen LogP contribution in [0.2, 0.25) is 0 Å². The molecule has 1 aromatic rings. The highest BCUT2D eigenvalue weighted by atomic mass is 16.5. The molecule has 3 fully saturated rings. The summed E-state index contributed by atoms with van der Waals surface area (Å²) < 4.78 is 6.14. The molecule has 6 unspecified atom stereocenters. The molecule has 2 heteroatoms. The number of aryl methyl sites for hydroxylation is 1. The Balaban J connectivity index is 1.46. The average molecular weight is 352 g/mol. The standard InChI is InChI=1S/C24H33NO/c1-4-16-13-17(15-25-14-16)19-6-7-20-18-5-8-22-24(3,11-12-26-22)21(18)9-10-23(19,20)2/h6,13-15,18,20-22H,4-5,7-12H2,1-3H3. The first-order chi connectivity index (χ1) is 12.6. The maximum atomic E-state index is 6.14. The lowest BCUT2D eigenvalue weighted by molar-refractivity contribution is -0.0889. The number of pyridine rings is 1. The smallest absolute Gasteiger partial charge is 0.0632 e. The van der Waals surface area contributed by atoms with Gasteiger partial charge in [-0.25, -0.2) is 0 Å². The Morgan fingerprint density at radius 2 is 2.00 bits per heavy atom. The Morgan fingerprint density at radius 1 is 1.12 bits per heavy atom. The van der Waals surface area contributed by atoms with Gasteiger partial charge in [0.05, 0.1) is 6.10 Å². The second-order valence-corrected chi connectivity index (χ2v) is 9.81. The van der Waals surface area contributed by atoms with E-state index in [2.05, 4.69) is 44.1 Å². The minimum absolute atomic E-state index is 0.345. The molecular formula is C24H33NO. The van der Waals surface area contributed by atoms with Crippen LogP contribution in [0.15, 0.2) is 24.5 Å². The maximum Gasteiger partial charge on any atom is 0.0632 e. The van der Waals surface area contributed by atoms with Crippen molar-refractivity contribution >= 4 is 5.57 Å². The Labute approximate surface area is 158 Å². The number of nitrogens with zero attached hydrogens (tertiary/aromatic N) is 1. The van der Waals surface area contributed by atoms with E-state index in [4.69, 9.17) is 4.74 Å². The molecule has 2 saturated carbocycles. The number of hydrogen-bond acceptors (Lipinski definition) is 2. The molecule has 26 heavy (non-hydrogen) atoms. The zero-order valence-corrected chi connectivity index (χ0v) is 16.6. The van der Waals surface area contributed by atoms with Crippen LogP contribution in [0.4, 0.5) is 0 Å². The molecule has 0 amide bonds. The largest absolute Gasteiger partial charge is 0.378 e. The van der Waals surface area contributed by atoms with Gasteiger partial charge in [0.15, 0.2) is 0 Å². The first-order valence-electron chi connectivity index (χ1n) is 10.8. The van der Waals surface area contributed by atoms with Gasteiger partial charge in [0.25, 0.3) is 0 Å². The lowest BCUT2D eigenvalue weighted by Gasteiger charge is -2.56. The molecule has 6 atom stereocenters. The van der Waals surface area contributed by atoms with E-state index in [-0.39, 0.29) is 0 Å². The molecule has 5 rings (SSSR count). The molecule has 1 aromatic heterocycles.